The molecule has 5 rings (SSSR count). The molecule has 11 heteroatoms. The SMILES string of the molecule is COc1ccc(S(=O)(=O)Nc2ccc(Nc3cc(-c4ccc5c(cnn5CCN(C)C)c4)ncn3)cc2)cc1. The second kappa shape index (κ2) is 11.1. The van der Waals surface area contributed by atoms with Gasteiger partial charge < -0.3 is 15.0 Å². The molecule has 0 bridgehead atoms. The van der Waals surface area contributed by atoms with Crippen LogP contribution in [0.2, 0.25) is 0 Å². The van der Waals surface area contributed by atoms with Crippen molar-refractivity contribution in [2.45, 2.75) is 11.4 Å². The lowest BCUT2D eigenvalue weighted by Crippen LogP contribution is -2.18. The highest BCUT2D eigenvalue weighted by Crippen LogP contribution is 2.26. The van der Waals surface area contributed by atoms with E-state index in [9.17, 15) is 8.42 Å². The van der Waals surface area contributed by atoms with Gasteiger partial charge in [-0.15, -0.1) is 0 Å². The predicted molar refractivity (Wildman–Crippen MR) is 153 cm³/mol. The number of rotatable bonds is 10. The van der Waals surface area contributed by atoms with Gasteiger partial charge in [0.2, 0.25) is 0 Å². The van der Waals surface area contributed by atoms with Gasteiger partial charge in [-0.2, -0.15) is 5.10 Å². The van der Waals surface area contributed by atoms with Crippen molar-refractivity contribution in [2.75, 3.05) is 37.8 Å². The van der Waals surface area contributed by atoms with Crippen LogP contribution in [0.5, 0.6) is 5.75 Å². The van der Waals surface area contributed by atoms with Crippen molar-refractivity contribution in [3.63, 3.8) is 0 Å². The van der Waals surface area contributed by atoms with Crippen molar-refractivity contribution < 1.29 is 13.2 Å². The van der Waals surface area contributed by atoms with E-state index in [1.807, 2.05) is 37.1 Å². The van der Waals surface area contributed by atoms with Crippen LogP contribution in [0.15, 0.2) is 90.2 Å². The largest absolute Gasteiger partial charge is 0.497 e. The number of benzene rings is 3. The Hall–Kier alpha value is -4.48. The Morgan fingerprint density at radius 3 is 2.38 bits per heavy atom. The first-order valence-electron chi connectivity index (χ1n) is 12.3. The molecule has 5 aromatic rings. The maximum Gasteiger partial charge on any atom is 0.261 e. The third kappa shape index (κ3) is 6.16. The summed E-state index contributed by atoms with van der Waals surface area (Å²) in [5.41, 5.74) is 4.02. The third-order valence-electron chi connectivity index (χ3n) is 6.14. The molecule has 2 heterocycles. The zero-order valence-electron chi connectivity index (χ0n) is 21.9. The van der Waals surface area contributed by atoms with Crippen LogP contribution in [-0.2, 0) is 16.6 Å². The average molecular weight is 544 g/mol. The average Bonchev–Trinajstić information content (AvgIpc) is 3.35. The van der Waals surface area contributed by atoms with Crippen LogP contribution >= 0.6 is 0 Å². The summed E-state index contributed by atoms with van der Waals surface area (Å²) in [5, 5.41) is 8.83. The van der Waals surface area contributed by atoms with Crippen LogP contribution in [0, 0.1) is 0 Å². The predicted octanol–water partition coefficient (Wildman–Crippen LogP) is 4.61. The number of fused-ring (bicyclic) bond motifs is 1. The molecule has 0 saturated heterocycles. The highest BCUT2D eigenvalue weighted by Gasteiger charge is 2.14. The van der Waals surface area contributed by atoms with Gasteiger partial charge in [-0.05, 0) is 74.8 Å². The Labute approximate surface area is 227 Å². The molecule has 0 amide bonds. The van der Waals surface area contributed by atoms with Crippen molar-refractivity contribution in [3.8, 4) is 17.0 Å². The summed E-state index contributed by atoms with van der Waals surface area (Å²) < 4.78 is 35.1. The number of likely N-dealkylation sites (N-methyl/N-ethyl adjacent to an activating group) is 1. The van der Waals surface area contributed by atoms with Crippen molar-refractivity contribution in [3.05, 3.63) is 85.3 Å². The minimum absolute atomic E-state index is 0.151. The minimum Gasteiger partial charge on any atom is -0.497 e. The highest BCUT2D eigenvalue weighted by atomic mass is 32.2. The summed E-state index contributed by atoms with van der Waals surface area (Å²) in [6.45, 7) is 1.73. The zero-order chi connectivity index (χ0) is 27.4. The second-order valence-corrected chi connectivity index (χ2v) is 10.9. The summed E-state index contributed by atoms with van der Waals surface area (Å²) in [7, 11) is 1.90. The quantitative estimate of drug-likeness (QED) is 0.263. The van der Waals surface area contributed by atoms with E-state index in [1.54, 1.807) is 36.4 Å². The van der Waals surface area contributed by atoms with E-state index in [2.05, 4.69) is 42.1 Å². The van der Waals surface area contributed by atoms with Crippen LogP contribution in [-0.4, -0.2) is 60.8 Å². The van der Waals surface area contributed by atoms with Crippen LogP contribution in [0.4, 0.5) is 17.2 Å². The maximum absolute atomic E-state index is 12.7. The Morgan fingerprint density at radius 1 is 0.923 bits per heavy atom. The first kappa shape index (κ1) is 26.1. The third-order valence-corrected chi connectivity index (χ3v) is 7.54. The second-order valence-electron chi connectivity index (χ2n) is 9.22. The van der Waals surface area contributed by atoms with Gasteiger partial charge in [-0.1, -0.05) is 6.07 Å². The van der Waals surface area contributed by atoms with Gasteiger partial charge in [0.05, 0.1) is 36.0 Å². The van der Waals surface area contributed by atoms with E-state index in [0.29, 0.717) is 17.3 Å². The molecule has 0 atom stereocenters. The van der Waals surface area contributed by atoms with Crippen molar-refractivity contribution in [1.29, 1.82) is 0 Å². The number of hydrogen-bond acceptors (Lipinski definition) is 8. The molecule has 0 aliphatic rings. The Bertz CT molecular complexity index is 1680. The molecule has 0 aliphatic heterocycles. The van der Waals surface area contributed by atoms with Crippen LogP contribution < -0.4 is 14.8 Å². The lowest BCUT2D eigenvalue weighted by atomic mass is 10.1. The Kier molecular flexibility index (Phi) is 7.44. The summed E-state index contributed by atoms with van der Waals surface area (Å²) >= 11 is 0. The number of nitrogens with zero attached hydrogens (tertiary/aromatic N) is 5. The maximum atomic E-state index is 12.7. The molecule has 39 heavy (non-hydrogen) atoms. The molecule has 0 saturated carbocycles. The number of aromatic nitrogens is 4. The standard InChI is InChI=1S/C28H29N7O3S/c1-34(2)14-15-35-27-13-4-20(16-21(27)18-31-35)26-17-28(30-19-29-26)32-22-5-7-23(8-6-22)33-39(36,37)25-11-9-24(38-3)10-12-25/h4-13,16-19,33H,14-15H2,1-3H3,(H,29,30,32). The van der Waals surface area contributed by atoms with E-state index in [-0.39, 0.29) is 4.90 Å². The fraction of sp³-hybridized carbons (Fsp3) is 0.179. The number of ether oxygens (including phenoxy) is 1. The first-order valence-corrected chi connectivity index (χ1v) is 13.8. The smallest absolute Gasteiger partial charge is 0.261 e. The van der Waals surface area contributed by atoms with Crippen LogP contribution in [0.1, 0.15) is 0 Å². The normalized spacial score (nSPS) is 11.6. The fourth-order valence-electron chi connectivity index (χ4n) is 4.04. The number of hydrogen-bond donors (Lipinski definition) is 2. The molecular weight excluding hydrogens is 514 g/mol. The van der Waals surface area contributed by atoms with Crippen molar-refractivity contribution >= 4 is 38.1 Å². The highest BCUT2D eigenvalue weighted by molar-refractivity contribution is 7.92. The Morgan fingerprint density at radius 2 is 1.67 bits per heavy atom. The fourth-order valence-corrected chi connectivity index (χ4v) is 5.10. The number of nitrogens with one attached hydrogen (secondary N) is 2. The first-order chi connectivity index (χ1) is 18.8. The summed E-state index contributed by atoms with van der Waals surface area (Å²) in [4.78, 5) is 11.1. The molecule has 2 N–H and O–H groups in total. The van der Waals surface area contributed by atoms with Gasteiger partial charge in [0.15, 0.2) is 0 Å². The Balaban J connectivity index is 1.27. The summed E-state index contributed by atoms with van der Waals surface area (Å²) in [6.07, 6.45) is 3.39. The molecule has 2 aromatic heterocycles. The number of anilines is 3. The van der Waals surface area contributed by atoms with E-state index in [1.165, 1.54) is 25.6 Å². The molecule has 0 radical (unpaired) electrons. The van der Waals surface area contributed by atoms with E-state index in [4.69, 9.17) is 4.74 Å². The van der Waals surface area contributed by atoms with E-state index < -0.39 is 10.0 Å². The van der Waals surface area contributed by atoms with Gasteiger partial charge in [-0.25, -0.2) is 18.4 Å². The lowest BCUT2D eigenvalue weighted by Gasteiger charge is -2.11. The van der Waals surface area contributed by atoms with Gasteiger partial charge in [0, 0.05) is 34.9 Å². The molecule has 200 valence electrons. The zero-order valence-corrected chi connectivity index (χ0v) is 22.7. The summed E-state index contributed by atoms with van der Waals surface area (Å²) in [5.74, 6) is 1.21. The molecule has 0 fully saturated rings. The van der Waals surface area contributed by atoms with Gasteiger partial charge in [0.25, 0.3) is 10.0 Å². The van der Waals surface area contributed by atoms with Crippen molar-refractivity contribution in [2.24, 2.45) is 0 Å². The summed E-state index contributed by atoms with van der Waals surface area (Å²) in [6, 6.07) is 21.2. The van der Waals surface area contributed by atoms with E-state index in [0.717, 1.165) is 40.9 Å². The topological polar surface area (TPSA) is 114 Å². The minimum atomic E-state index is -3.72. The molecule has 0 unspecified atom stereocenters. The molecular formula is C28H29N7O3S. The van der Waals surface area contributed by atoms with Gasteiger partial charge >= 0.3 is 0 Å². The number of sulfonamides is 1. The molecule has 0 spiro atoms. The molecule has 3 aromatic carbocycles. The monoisotopic (exact) mass is 543 g/mol. The van der Waals surface area contributed by atoms with Gasteiger partial charge in [-0.3, -0.25) is 9.40 Å². The van der Waals surface area contributed by atoms with Crippen molar-refractivity contribution in [1.82, 2.24) is 24.6 Å². The van der Waals surface area contributed by atoms with Crippen LogP contribution in [0.3, 0.4) is 0 Å². The lowest BCUT2D eigenvalue weighted by molar-refractivity contribution is 0.377. The van der Waals surface area contributed by atoms with E-state index >= 15 is 0 Å². The molecule has 0 aliphatic carbocycles. The van der Waals surface area contributed by atoms with Gasteiger partial charge in [0.1, 0.15) is 17.9 Å². The number of methoxy groups -OCH3 is 1. The molecule has 10 nitrogen and oxygen atoms in total. The van der Waals surface area contributed by atoms with Crippen LogP contribution in [0.25, 0.3) is 22.2 Å².